The second kappa shape index (κ2) is 7.57. The van der Waals surface area contributed by atoms with Gasteiger partial charge in [-0.25, -0.2) is 4.98 Å². The van der Waals surface area contributed by atoms with E-state index in [9.17, 15) is 14.7 Å². The molecule has 0 saturated carbocycles. The fourth-order valence-corrected chi connectivity index (χ4v) is 2.91. The van der Waals surface area contributed by atoms with Crippen LogP contribution in [0.25, 0.3) is 11.1 Å². The molecule has 0 bridgehead atoms. The van der Waals surface area contributed by atoms with Crippen molar-refractivity contribution >= 4 is 23.0 Å². The summed E-state index contributed by atoms with van der Waals surface area (Å²) in [6, 6.07) is 10.5. The summed E-state index contributed by atoms with van der Waals surface area (Å²) in [7, 11) is 0. The standard InChI is InChI=1S/C20H21N3O4/c1-11(2)16-9-14(17-12(3)23-27-19(17)22-16)18(24)21-10-15(20(25)26)13-7-5-4-6-8-13/h4-9,11,15H,10H2,1-3H3,(H,21,24)(H,25,26). The molecule has 0 saturated heterocycles. The molecule has 1 atom stereocenters. The molecule has 1 unspecified atom stereocenters. The fourth-order valence-electron chi connectivity index (χ4n) is 2.91. The van der Waals surface area contributed by atoms with Crippen LogP contribution in [0.2, 0.25) is 0 Å². The molecule has 2 N–H and O–H groups in total. The summed E-state index contributed by atoms with van der Waals surface area (Å²) in [6.07, 6.45) is 0. The Kier molecular flexibility index (Phi) is 5.21. The highest BCUT2D eigenvalue weighted by atomic mass is 16.5. The van der Waals surface area contributed by atoms with E-state index in [1.165, 1.54) is 0 Å². The van der Waals surface area contributed by atoms with Crippen LogP contribution in [0.5, 0.6) is 0 Å². The van der Waals surface area contributed by atoms with Crippen LogP contribution in [-0.2, 0) is 4.79 Å². The van der Waals surface area contributed by atoms with E-state index in [0.29, 0.717) is 33.6 Å². The van der Waals surface area contributed by atoms with E-state index in [0.717, 1.165) is 0 Å². The Morgan fingerprint density at radius 2 is 1.93 bits per heavy atom. The van der Waals surface area contributed by atoms with Gasteiger partial charge in [-0.1, -0.05) is 49.3 Å². The number of carbonyl (C=O) groups is 2. The Labute approximate surface area is 156 Å². The molecule has 27 heavy (non-hydrogen) atoms. The number of rotatable bonds is 6. The van der Waals surface area contributed by atoms with Crippen LogP contribution in [0.1, 0.15) is 53.0 Å². The van der Waals surface area contributed by atoms with E-state index < -0.39 is 11.9 Å². The number of pyridine rings is 1. The first-order valence-electron chi connectivity index (χ1n) is 8.71. The number of carboxylic acid groups (broad SMARTS) is 1. The summed E-state index contributed by atoms with van der Waals surface area (Å²) >= 11 is 0. The van der Waals surface area contributed by atoms with Crippen LogP contribution >= 0.6 is 0 Å². The van der Waals surface area contributed by atoms with Crippen molar-refractivity contribution in [3.63, 3.8) is 0 Å². The van der Waals surface area contributed by atoms with Crippen molar-refractivity contribution in [2.24, 2.45) is 0 Å². The van der Waals surface area contributed by atoms with Crippen LogP contribution in [0, 0.1) is 6.92 Å². The SMILES string of the molecule is Cc1noc2nc(C(C)C)cc(C(=O)NCC(C(=O)O)c3ccccc3)c12. The largest absolute Gasteiger partial charge is 0.481 e. The molecule has 3 rings (SSSR count). The van der Waals surface area contributed by atoms with Crippen LogP contribution in [0.3, 0.4) is 0 Å². The minimum absolute atomic E-state index is 0.0245. The lowest BCUT2D eigenvalue weighted by Gasteiger charge is -2.14. The molecule has 0 radical (unpaired) electrons. The lowest BCUT2D eigenvalue weighted by molar-refractivity contribution is -0.138. The van der Waals surface area contributed by atoms with E-state index in [-0.39, 0.29) is 18.4 Å². The number of hydrogen-bond acceptors (Lipinski definition) is 5. The predicted molar refractivity (Wildman–Crippen MR) is 99.8 cm³/mol. The molecular weight excluding hydrogens is 346 g/mol. The molecule has 2 aromatic heterocycles. The number of carboxylic acids is 1. The molecule has 0 aliphatic carbocycles. The molecule has 7 nitrogen and oxygen atoms in total. The van der Waals surface area contributed by atoms with Gasteiger partial charge in [0.05, 0.1) is 22.6 Å². The van der Waals surface area contributed by atoms with E-state index in [4.69, 9.17) is 4.52 Å². The average molecular weight is 367 g/mol. The zero-order valence-electron chi connectivity index (χ0n) is 15.4. The van der Waals surface area contributed by atoms with Crippen molar-refractivity contribution in [2.45, 2.75) is 32.6 Å². The molecule has 7 heteroatoms. The topological polar surface area (TPSA) is 105 Å². The number of benzene rings is 1. The smallest absolute Gasteiger partial charge is 0.312 e. The Bertz CT molecular complexity index is 980. The van der Waals surface area contributed by atoms with Gasteiger partial charge < -0.3 is 14.9 Å². The molecule has 1 amide bonds. The minimum atomic E-state index is -0.995. The van der Waals surface area contributed by atoms with Gasteiger partial charge in [0.2, 0.25) is 0 Å². The zero-order chi connectivity index (χ0) is 19.6. The molecular formula is C20H21N3O4. The number of aliphatic carboxylic acids is 1. The minimum Gasteiger partial charge on any atom is -0.481 e. The normalized spacial score (nSPS) is 12.3. The first kappa shape index (κ1) is 18.6. The van der Waals surface area contributed by atoms with E-state index >= 15 is 0 Å². The van der Waals surface area contributed by atoms with Gasteiger partial charge in [0.15, 0.2) is 0 Å². The Hall–Kier alpha value is -3.22. The molecule has 0 spiro atoms. The number of aromatic nitrogens is 2. The summed E-state index contributed by atoms with van der Waals surface area (Å²) in [5, 5.41) is 16.7. The molecule has 1 aromatic carbocycles. The first-order valence-corrected chi connectivity index (χ1v) is 8.71. The van der Waals surface area contributed by atoms with Crippen LogP contribution in [-0.4, -0.2) is 33.7 Å². The third-order valence-corrected chi connectivity index (χ3v) is 4.44. The lowest BCUT2D eigenvalue weighted by atomic mass is 9.99. The maximum atomic E-state index is 12.8. The van der Waals surface area contributed by atoms with Gasteiger partial charge in [0.25, 0.3) is 11.6 Å². The number of amides is 1. The third kappa shape index (κ3) is 3.81. The van der Waals surface area contributed by atoms with E-state index in [1.807, 2.05) is 19.9 Å². The summed E-state index contributed by atoms with van der Waals surface area (Å²) in [6.45, 7) is 5.65. The monoisotopic (exact) mass is 367 g/mol. The number of hydrogen-bond donors (Lipinski definition) is 2. The Morgan fingerprint density at radius 1 is 1.22 bits per heavy atom. The molecule has 0 fully saturated rings. The molecule has 0 aliphatic rings. The summed E-state index contributed by atoms with van der Waals surface area (Å²) in [4.78, 5) is 28.9. The van der Waals surface area contributed by atoms with Crippen LogP contribution < -0.4 is 5.32 Å². The molecule has 3 aromatic rings. The van der Waals surface area contributed by atoms with Gasteiger partial charge in [-0.05, 0) is 24.5 Å². The fraction of sp³-hybridized carbons (Fsp3) is 0.300. The highest BCUT2D eigenvalue weighted by Crippen LogP contribution is 2.25. The van der Waals surface area contributed by atoms with Crippen molar-refractivity contribution in [1.29, 1.82) is 0 Å². The van der Waals surface area contributed by atoms with E-state index in [2.05, 4.69) is 15.5 Å². The number of carbonyl (C=O) groups excluding carboxylic acids is 1. The van der Waals surface area contributed by atoms with Gasteiger partial charge in [-0.15, -0.1) is 0 Å². The average Bonchev–Trinajstić information content (AvgIpc) is 3.02. The number of aryl methyl sites for hydroxylation is 1. The van der Waals surface area contributed by atoms with E-state index in [1.54, 1.807) is 37.3 Å². The summed E-state index contributed by atoms with van der Waals surface area (Å²) in [5.41, 5.74) is 2.60. The molecule has 140 valence electrons. The maximum absolute atomic E-state index is 12.8. The van der Waals surface area contributed by atoms with Crippen molar-refractivity contribution in [3.05, 3.63) is 58.9 Å². The van der Waals surface area contributed by atoms with Gasteiger partial charge in [0.1, 0.15) is 0 Å². The highest BCUT2D eigenvalue weighted by molar-refractivity contribution is 6.06. The number of nitrogens with zero attached hydrogens (tertiary/aromatic N) is 2. The quantitative estimate of drug-likeness (QED) is 0.693. The van der Waals surface area contributed by atoms with Gasteiger partial charge in [-0.2, -0.15) is 0 Å². The van der Waals surface area contributed by atoms with Crippen molar-refractivity contribution in [1.82, 2.24) is 15.5 Å². The highest BCUT2D eigenvalue weighted by Gasteiger charge is 2.23. The number of fused-ring (bicyclic) bond motifs is 1. The lowest BCUT2D eigenvalue weighted by Crippen LogP contribution is -2.32. The third-order valence-electron chi connectivity index (χ3n) is 4.44. The zero-order valence-corrected chi connectivity index (χ0v) is 15.4. The van der Waals surface area contributed by atoms with Gasteiger partial charge in [0, 0.05) is 12.2 Å². The Balaban J connectivity index is 1.89. The Morgan fingerprint density at radius 3 is 2.56 bits per heavy atom. The second-order valence-corrected chi connectivity index (χ2v) is 6.71. The first-order chi connectivity index (χ1) is 12.9. The van der Waals surface area contributed by atoms with Crippen LogP contribution in [0.4, 0.5) is 0 Å². The van der Waals surface area contributed by atoms with Crippen molar-refractivity contribution in [3.8, 4) is 0 Å². The van der Waals surface area contributed by atoms with Gasteiger partial charge >= 0.3 is 5.97 Å². The van der Waals surface area contributed by atoms with Crippen molar-refractivity contribution in [2.75, 3.05) is 6.54 Å². The van der Waals surface area contributed by atoms with Crippen LogP contribution in [0.15, 0.2) is 40.9 Å². The molecule has 0 aliphatic heterocycles. The predicted octanol–water partition coefficient (Wildman–Crippen LogP) is 3.25. The molecule has 2 heterocycles. The van der Waals surface area contributed by atoms with Gasteiger partial charge in [-0.3, -0.25) is 9.59 Å². The van der Waals surface area contributed by atoms with Crippen molar-refractivity contribution < 1.29 is 19.2 Å². The number of nitrogens with one attached hydrogen (secondary N) is 1. The summed E-state index contributed by atoms with van der Waals surface area (Å²) < 4.78 is 5.23. The summed E-state index contributed by atoms with van der Waals surface area (Å²) in [5.74, 6) is -2.11. The maximum Gasteiger partial charge on any atom is 0.312 e. The second-order valence-electron chi connectivity index (χ2n) is 6.71.